The summed E-state index contributed by atoms with van der Waals surface area (Å²) in [6.07, 6.45) is 3.37. The van der Waals surface area contributed by atoms with Crippen LogP contribution in [0.3, 0.4) is 0 Å². The van der Waals surface area contributed by atoms with E-state index in [9.17, 15) is 0 Å². The van der Waals surface area contributed by atoms with Crippen LogP contribution in [0.15, 0.2) is 12.1 Å². The van der Waals surface area contributed by atoms with Gasteiger partial charge in [0.2, 0.25) is 0 Å². The van der Waals surface area contributed by atoms with Gasteiger partial charge in [0.1, 0.15) is 5.82 Å². The number of hydrogen-bond acceptors (Lipinski definition) is 3. The fraction of sp³-hybridized carbons (Fsp3) is 0.643. The molecule has 0 saturated carbocycles. The minimum Gasteiger partial charge on any atom is -0.370 e. The molecule has 0 aliphatic carbocycles. The van der Waals surface area contributed by atoms with E-state index in [2.05, 4.69) is 48.5 Å². The Morgan fingerprint density at radius 2 is 1.94 bits per heavy atom. The quantitative estimate of drug-likeness (QED) is 0.680. The summed E-state index contributed by atoms with van der Waals surface area (Å²) in [5, 5.41) is 6.73. The highest BCUT2D eigenvalue weighted by atomic mass is 15.0. The predicted octanol–water partition coefficient (Wildman–Crippen LogP) is 2.97. The molecule has 0 saturated heterocycles. The summed E-state index contributed by atoms with van der Waals surface area (Å²) in [6, 6.07) is 4.36. The van der Waals surface area contributed by atoms with E-state index >= 15 is 0 Å². The highest BCUT2D eigenvalue weighted by Gasteiger charge is 2.01. The van der Waals surface area contributed by atoms with Gasteiger partial charge in [0.25, 0.3) is 0 Å². The molecule has 1 rings (SSSR count). The van der Waals surface area contributed by atoms with E-state index in [0.717, 1.165) is 38.3 Å². The number of rotatable bonds is 8. The first-order chi connectivity index (χ1) is 8.30. The van der Waals surface area contributed by atoms with Crippen molar-refractivity contribution in [2.75, 3.05) is 18.4 Å². The summed E-state index contributed by atoms with van der Waals surface area (Å²) >= 11 is 0. The SMILES string of the molecule is CCCNCc1cc(CCC)nc(NCC)c1. The van der Waals surface area contributed by atoms with Crippen LogP contribution in [-0.2, 0) is 13.0 Å². The number of hydrogen-bond donors (Lipinski definition) is 2. The molecule has 0 unspecified atom stereocenters. The molecule has 3 nitrogen and oxygen atoms in total. The molecule has 0 atom stereocenters. The summed E-state index contributed by atoms with van der Waals surface area (Å²) in [5.74, 6) is 1.01. The minimum absolute atomic E-state index is 0.921. The lowest BCUT2D eigenvalue weighted by Crippen LogP contribution is -2.14. The average molecular weight is 235 g/mol. The van der Waals surface area contributed by atoms with Gasteiger partial charge >= 0.3 is 0 Å². The van der Waals surface area contributed by atoms with Gasteiger partial charge in [0.05, 0.1) is 0 Å². The van der Waals surface area contributed by atoms with Crippen LogP contribution in [0.4, 0.5) is 5.82 Å². The third-order valence-electron chi connectivity index (χ3n) is 2.56. The molecule has 0 aromatic carbocycles. The lowest BCUT2D eigenvalue weighted by Gasteiger charge is -2.10. The largest absolute Gasteiger partial charge is 0.370 e. The van der Waals surface area contributed by atoms with E-state index in [1.165, 1.54) is 17.7 Å². The molecule has 0 amide bonds. The van der Waals surface area contributed by atoms with Crippen molar-refractivity contribution in [1.82, 2.24) is 10.3 Å². The van der Waals surface area contributed by atoms with Crippen molar-refractivity contribution in [1.29, 1.82) is 0 Å². The topological polar surface area (TPSA) is 37.0 Å². The number of aryl methyl sites for hydroxylation is 1. The van der Waals surface area contributed by atoms with Crippen LogP contribution in [-0.4, -0.2) is 18.1 Å². The molecule has 96 valence electrons. The zero-order chi connectivity index (χ0) is 12.5. The van der Waals surface area contributed by atoms with Gasteiger partial charge in [0, 0.05) is 18.8 Å². The molecule has 0 fully saturated rings. The Balaban J connectivity index is 2.72. The lowest BCUT2D eigenvalue weighted by atomic mass is 10.1. The third-order valence-corrected chi connectivity index (χ3v) is 2.56. The molecule has 0 bridgehead atoms. The van der Waals surface area contributed by atoms with E-state index in [-0.39, 0.29) is 0 Å². The smallest absolute Gasteiger partial charge is 0.126 e. The molecule has 2 N–H and O–H groups in total. The van der Waals surface area contributed by atoms with Crippen LogP contribution < -0.4 is 10.6 Å². The van der Waals surface area contributed by atoms with E-state index in [1.54, 1.807) is 0 Å². The fourth-order valence-corrected chi connectivity index (χ4v) is 1.82. The normalized spacial score (nSPS) is 10.5. The standard InChI is InChI=1S/C14H25N3/c1-4-7-13-9-12(11-15-8-5-2)10-14(17-13)16-6-3/h9-10,15H,4-8,11H2,1-3H3,(H,16,17). The van der Waals surface area contributed by atoms with Gasteiger partial charge in [-0.1, -0.05) is 20.3 Å². The van der Waals surface area contributed by atoms with Crippen molar-refractivity contribution in [3.8, 4) is 0 Å². The lowest BCUT2D eigenvalue weighted by molar-refractivity contribution is 0.674. The number of nitrogens with zero attached hydrogens (tertiary/aromatic N) is 1. The number of pyridine rings is 1. The molecule has 0 spiro atoms. The zero-order valence-corrected chi connectivity index (χ0v) is 11.3. The van der Waals surface area contributed by atoms with E-state index in [4.69, 9.17) is 0 Å². The van der Waals surface area contributed by atoms with Crippen LogP contribution in [0.25, 0.3) is 0 Å². The van der Waals surface area contributed by atoms with E-state index in [0.29, 0.717) is 0 Å². The summed E-state index contributed by atoms with van der Waals surface area (Å²) in [5.41, 5.74) is 2.52. The van der Waals surface area contributed by atoms with Crippen molar-refractivity contribution in [2.24, 2.45) is 0 Å². The zero-order valence-electron chi connectivity index (χ0n) is 11.3. The molecule has 1 heterocycles. The third kappa shape index (κ3) is 5.18. The predicted molar refractivity (Wildman–Crippen MR) is 74.4 cm³/mol. The van der Waals surface area contributed by atoms with Crippen molar-refractivity contribution in [2.45, 2.75) is 46.6 Å². The second-order valence-electron chi connectivity index (χ2n) is 4.31. The van der Waals surface area contributed by atoms with Gasteiger partial charge in [-0.3, -0.25) is 0 Å². The van der Waals surface area contributed by atoms with Crippen molar-refractivity contribution >= 4 is 5.82 Å². The first kappa shape index (κ1) is 14.0. The molecule has 3 heteroatoms. The first-order valence-corrected chi connectivity index (χ1v) is 6.74. The Kier molecular flexibility index (Phi) is 6.63. The number of anilines is 1. The first-order valence-electron chi connectivity index (χ1n) is 6.74. The van der Waals surface area contributed by atoms with Crippen LogP contribution in [0.1, 0.15) is 44.9 Å². The summed E-state index contributed by atoms with van der Waals surface area (Å²) in [6.45, 7) is 9.41. The van der Waals surface area contributed by atoms with E-state index < -0.39 is 0 Å². The highest BCUT2D eigenvalue weighted by Crippen LogP contribution is 2.12. The van der Waals surface area contributed by atoms with Crippen LogP contribution in [0.5, 0.6) is 0 Å². The van der Waals surface area contributed by atoms with Gasteiger partial charge < -0.3 is 10.6 Å². The van der Waals surface area contributed by atoms with Crippen molar-refractivity contribution in [3.05, 3.63) is 23.4 Å². The highest BCUT2D eigenvalue weighted by molar-refractivity contribution is 5.39. The summed E-state index contributed by atoms with van der Waals surface area (Å²) in [4.78, 5) is 4.60. The molecular formula is C14H25N3. The van der Waals surface area contributed by atoms with Crippen LogP contribution >= 0.6 is 0 Å². The second kappa shape index (κ2) is 8.07. The van der Waals surface area contributed by atoms with Crippen LogP contribution in [0, 0.1) is 0 Å². The van der Waals surface area contributed by atoms with Gasteiger partial charge in [-0.25, -0.2) is 4.98 Å². The Hall–Kier alpha value is -1.09. The van der Waals surface area contributed by atoms with Crippen molar-refractivity contribution < 1.29 is 0 Å². The molecule has 1 aromatic heterocycles. The maximum atomic E-state index is 4.60. The molecule has 0 radical (unpaired) electrons. The Morgan fingerprint density at radius 1 is 1.12 bits per heavy atom. The number of nitrogens with one attached hydrogen (secondary N) is 2. The van der Waals surface area contributed by atoms with Crippen molar-refractivity contribution in [3.63, 3.8) is 0 Å². The monoisotopic (exact) mass is 235 g/mol. The van der Waals surface area contributed by atoms with Gasteiger partial charge in [-0.15, -0.1) is 0 Å². The van der Waals surface area contributed by atoms with Gasteiger partial charge in [0.15, 0.2) is 0 Å². The second-order valence-corrected chi connectivity index (χ2v) is 4.31. The minimum atomic E-state index is 0.921. The molecular weight excluding hydrogens is 210 g/mol. The Labute approximate surface area is 105 Å². The van der Waals surface area contributed by atoms with Gasteiger partial charge in [-0.2, -0.15) is 0 Å². The van der Waals surface area contributed by atoms with Gasteiger partial charge in [-0.05, 0) is 44.0 Å². The molecule has 1 aromatic rings. The average Bonchev–Trinajstić information content (AvgIpc) is 2.30. The maximum absolute atomic E-state index is 4.60. The Morgan fingerprint density at radius 3 is 2.59 bits per heavy atom. The molecule has 17 heavy (non-hydrogen) atoms. The van der Waals surface area contributed by atoms with E-state index in [1.807, 2.05) is 0 Å². The Bertz CT molecular complexity index is 299. The molecule has 0 aliphatic heterocycles. The maximum Gasteiger partial charge on any atom is 0.126 e. The number of aromatic nitrogens is 1. The van der Waals surface area contributed by atoms with Crippen LogP contribution in [0.2, 0.25) is 0 Å². The molecule has 0 aliphatic rings. The summed E-state index contributed by atoms with van der Waals surface area (Å²) < 4.78 is 0. The fourth-order valence-electron chi connectivity index (χ4n) is 1.82. The summed E-state index contributed by atoms with van der Waals surface area (Å²) in [7, 11) is 0.